The highest BCUT2D eigenvalue weighted by Crippen LogP contribution is 2.29. The predicted molar refractivity (Wildman–Crippen MR) is 108 cm³/mol. The molecule has 0 atom stereocenters. The van der Waals surface area contributed by atoms with Gasteiger partial charge in [-0.05, 0) is 42.0 Å². The highest BCUT2D eigenvalue weighted by Gasteiger charge is 2.22. The normalized spacial score (nSPS) is 15.7. The number of carbonyl (C=O) groups excluding carboxylic acids is 1. The Labute approximate surface area is 165 Å². The van der Waals surface area contributed by atoms with E-state index in [1.54, 1.807) is 17.5 Å². The summed E-state index contributed by atoms with van der Waals surface area (Å²) in [5.74, 6) is -0.238. The Kier molecular flexibility index (Phi) is 5.61. The van der Waals surface area contributed by atoms with Gasteiger partial charge < -0.3 is 5.32 Å². The van der Waals surface area contributed by atoms with Crippen LogP contribution in [0.4, 0.5) is 4.39 Å². The van der Waals surface area contributed by atoms with E-state index < -0.39 is 0 Å². The lowest BCUT2D eigenvalue weighted by Crippen LogP contribution is -2.44. The van der Waals surface area contributed by atoms with Crippen LogP contribution in [0.1, 0.15) is 28.1 Å². The molecule has 1 aliphatic rings. The van der Waals surface area contributed by atoms with Crippen LogP contribution in [0.3, 0.4) is 0 Å². The topological polar surface area (TPSA) is 45.2 Å². The highest BCUT2D eigenvalue weighted by atomic mass is 32.1. The van der Waals surface area contributed by atoms with Crippen LogP contribution in [0.5, 0.6) is 0 Å². The van der Waals surface area contributed by atoms with E-state index in [0.717, 1.165) is 47.9 Å². The third-order valence-electron chi connectivity index (χ3n) is 4.70. The summed E-state index contributed by atoms with van der Waals surface area (Å²) >= 11 is 3.07. The zero-order valence-electron chi connectivity index (χ0n) is 14.7. The quantitative estimate of drug-likeness (QED) is 0.689. The summed E-state index contributed by atoms with van der Waals surface area (Å²) in [5, 5.41) is 6.05. The molecule has 1 amide bonds. The number of piperidine rings is 1. The average molecular weight is 402 g/mol. The summed E-state index contributed by atoms with van der Waals surface area (Å²) in [7, 11) is 0. The number of hydrogen-bond donors (Lipinski definition) is 1. The number of aromatic nitrogens is 1. The summed E-state index contributed by atoms with van der Waals surface area (Å²) in [5.41, 5.74) is 1.12. The van der Waals surface area contributed by atoms with E-state index in [0.29, 0.717) is 4.88 Å². The second-order valence-electron chi connectivity index (χ2n) is 6.66. The number of halogens is 1. The zero-order chi connectivity index (χ0) is 18.6. The van der Waals surface area contributed by atoms with E-state index in [9.17, 15) is 9.18 Å². The second-order valence-corrected chi connectivity index (χ2v) is 8.64. The van der Waals surface area contributed by atoms with Gasteiger partial charge in [-0.2, -0.15) is 0 Å². The minimum atomic E-state index is -0.203. The van der Waals surface area contributed by atoms with Crippen molar-refractivity contribution in [2.75, 3.05) is 13.1 Å². The fourth-order valence-corrected chi connectivity index (χ4v) is 4.86. The van der Waals surface area contributed by atoms with E-state index in [4.69, 9.17) is 0 Å². The Hall–Kier alpha value is -2.09. The molecular formula is C20H20FN3OS2. The van der Waals surface area contributed by atoms with Crippen LogP contribution in [0, 0.1) is 5.82 Å². The molecule has 3 aromatic rings. The first-order chi connectivity index (χ1) is 13.2. The molecule has 0 aliphatic carbocycles. The summed E-state index contributed by atoms with van der Waals surface area (Å²) in [4.78, 5) is 21.0. The van der Waals surface area contributed by atoms with Crippen molar-refractivity contribution in [3.8, 4) is 9.88 Å². The molecule has 140 valence electrons. The number of carbonyl (C=O) groups is 1. The molecular weight excluding hydrogens is 381 g/mol. The first kappa shape index (κ1) is 18.3. The summed E-state index contributed by atoms with van der Waals surface area (Å²) < 4.78 is 13.0. The van der Waals surface area contributed by atoms with E-state index in [2.05, 4.69) is 15.2 Å². The first-order valence-electron chi connectivity index (χ1n) is 8.95. The van der Waals surface area contributed by atoms with Crippen molar-refractivity contribution < 1.29 is 9.18 Å². The molecule has 0 radical (unpaired) electrons. The summed E-state index contributed by atoms with van der Waals surface area (Å²) in [6.45, 7) is 2.66. The van der Waals surface area contributed by atoms with Gasteiger partial charge in [-0.3, -0.25) is 9.69 Å². The second kappa shape index (κ2) is 8.29. The Morgan fingerprint density at radius 1 is 1.22 bits per heavy atom. The van der Waals surface area contributed by atoms with Gasteiger partial charge >= 0.3 is 0 Å². The molecule has 3 heterocycles. The predicted octanol–water partition coefficient (Wildman–Crippen LogP) is 4.41. The van der Waals surface area contributed by atoms with Crippen LogP contribution < -0.4 is 5.32 Å². The minimum absolute atomic E-state index is 0.0349. The number of nitrogens with zero attached hydrogens (tertiary/aromatic N) is 2. The van der Waals surface area contributed by atoms with E-state index >= 15 is 0 Å². The van der Waals surface area contributed by atoms with Gasteiger partial charge in [-0.15, -0.1) is 22.7 Å². The fraction of sp³-hybridized carbons (Fsp3) is 0.300. The molecule has 4 nitrogen and oxygen atoms in total. The number of benzene rings is 1. The molecule has 1 fully saturated rings. The van der Waals surface area contributed by atoms with Gasteiger partial charge in [0.1, 0.15) is 15.7 Å². The van der Waals surface area contributed by atoms with Crippen molar-refractivity contribution in [1.29, 1.82) is 0 Å². The third-order valence-corrected chi connectivity index (χ3v) is 6.74. The largest absolute Gasteiger partial charge is 0.348 e. The van der Waals surface area contributed by atoms with Crippen molar-refractivity contribution >= 4 is 28.6 Å². The first-order valence-corrected chi connectivity index (χ1v) is 10.6. The highest BCUT2D eigenvalue weighted by molar-refractivity contribution is 7.21. The van der Waals surface area contributed by atoms with Crippen LogP contribution >= 0.6 is 22.7 Å². The van der Waals surface area contributed by atoms with Crippen molar-refractivity contribution in [1.82, 2.24) is 15.2 Å². The number of thiophene rings is 1. The lowest BCUT2D eigenvalue weighted by Gasteiger charge is -2.32. The SMILES string of the molecule is O=C(NC1CCN(Cc2ccc(F)cc2)CC1)c1cnc(-c2cccs2)s1. The maximum atomic E-state index is 13.0. The minimum Gasteiger partial charge on any atom is -0.348 e. The third kappa shape index (κ3) is 4.61. The molecule has 0 spiro atoms. The number of rotatable bonds is 5. The van der Waals surface area contributed by atoms with E-state index in [1.165, 1.54) is 23.5 Å². The van der Waals surface area contributed by atoms with Gasteiger partial charge in [-0.25, -0.2) is 9.37 Å². The maximum absolute atomic E-state index is 13.0. The van der Waals surface area contributed by atoms with Crippen molar-refractivity contribution in [3.63, 3.8) is 0 Å². The van der Waals surface area contributed by atoms with Crippen LogP contribution in [0.15, 0.2) is 48.0 Å². The van der Waals surface area contributed by atoms with Gasteiger partial charge in [0.25, 0.3) is 5.91 Å². The Morgan fingerprint density at radius 3 is 2.70 bits per heavy atom. The molecule has 4 rings (SSSR count). The lowest BCUT2D eigenvalue weighted by atomic mass is 10.0. The van der Waals surface area contributed by atoms with Crippen LogP contribution in [-0.2, 0) is 6.54 Å². The van der Waals surface area contributed by atoms with E-state index in [1.807, 2.05) is 29.6 Å². The number of hydrogen-bond acceptors (Lipinski definition) is 5. The molecule has 1 aromatic carbocycles. The van der Waals surface area contributed by atoms with Crippen LogP contribution in [0.25, 0.3) is 9.88 Å². The van der Waals surface area contributed by atoms with Crippen LogP contribution in [0.2, 0.25) is 0 Å². The van der Waals surface area contributed by atoms with E-state index in [-0.39, 0.29) is 17.8 Å². The Bertz CT molecular complexity index is 884. The number of likely N-dealkylation sites (tertiary alicyclic amines) is 1. The lowest BCUT2D eigenvalue weighted by molar-refractivity contribution is 0.0913. The monoisotopic (exact) mass is 401 g/mol. The smallest absolute Gasteiger partial charge is 0.263 e. The van der Waals surface area contributed by atoms with Crippen molar-refractivity contribution in [2.24, 2.45) is 0 Å². The van der Waals surface area contributed by atoms with Gasteiger partial charge in [0.2, 0.25) is 0 Å². The molecule has 7 heteroatoms. The molecule has 27 heavy (non-hydrogen) atoms. The Balaban J connectivity index is 1.27. The maximum Gasteiger partial charge on any atom is 0.263 e. The van der Waals surface area contributed by atoms with Gasteiger partial charge in [0, 0.05) is 25.7 Å². The van der Waals surface area contributed by atoms with Crippen molar-refractivity contribution in [3.05, 3.63) is 64.2 Å². The number of thiazole rings is 1. The molecule has 0 saturated carbocycles. The number of amides is 1. The van der Waals surface area contributed by atoms with Crippen molar-refractivity contribution in [2.45, 2.75) is 25.4 Å². The molecule has 1 aliphatic heterocycles. The molecule has 0 bridgehead atoms. The zero-order valence-corrected chi connectivity index (χ0v) is 16.4. The molecule has 1 saturated heterocycles. The average Bonchev–Trinajstić information content (AvgIpc) is 3.36. The van der Waals surface area contributed by atoms with Gasteiger partial charge in [-0.1, -0.05) is 18.2 Å². The number of nitrogens with one attached hydrogen (secondary N) is 1. The van der Waals surface area contributed by atoms with Gasteiger partial charge in [0.05, 0.1) is 11.1 Å². The fourth-order valence-electron chi connectivity index (χ4n) is 3.23. The van der Waals surface area contributed by atoms with Gasteiger partial charge in [0.15, 0.2) is 0 Å². The molecule has 2 aromatic heterocycles. The summed E-state index contributed by atoms with van der Waals surface area (Å²) in [6, 6.07) is 10.9. The van der Waals surface area contributed by atoms with Crippen LogP contribution in [-0.4, -0.2) is 34.9 Å². The summed E-state index contributed by atoms with van der Waals surface area (Å²) in [6.07, 6.45) is 3.51. The standard InChI is InChI=1S/C20H20FN3OS2/c21-15-5-3-14(4-6-15)13-24-9-7-16(8-10-24)23-19(25)18-12-22-20(27-18)17-2-1-11-26-17/h1-6,11-12,16H,7-10,13H2,(H,23,25). The Morgan fingerprint density at radius 2 is 2.00 bits per heavy atom. The molecule has 0 unspecified atom stereocenters. The molecule has 1 N–H and O–H groups in total.